The predicted octanol–water partition coefficient (Wildman–Crippen LogP) is 15.4. The first-order valence-corrected chi connectivity index (χ1v) is 29.9. The number of hydrogen-bond acceptors (Lipinski definition) is 0. The fraction of sp³-hybridized carbons (Fsp3) is 0.556. The Morgan fingerprint density at radius 3 is 1.00 bits per heavy atom. The minimum atomic E-state index is -2.87. The summed E-state index contributed by atoms with van der Waals surface area (Å²) in [6.07, 6.45) is 0. The second kappa shape index (κ2) is 18.1. The van der Waals surface area contributed by atoms with Gasteiger partial charge in [-0.15, -0.1) is 15.3 Å². The van der Waals surface area contributed by atoms with Crippen LogP contribution in [0.3, 0.4) is 0 Å². The Balaban J connectivity index is 2.20. The minimum Gasteiger partial charge on any atom is -0.108 e. The number of halogens is 2. The highest BCUT2D eigenvalue weighted by atomic mass is 79.9. The largest absolute Gasteiger partial charge is 0.222 e. The van der Waals surface area contributed by atoms with Crippen LogP contribution in [0.25, 0.3) is 0 Å². The van der Waals surface area contributed by atoms with E-state index in [0.717, 1.165) is 0 Å². The molecule has 0 radical (unpaired) electrons. The van der Waals surface area contributed by atoms with Gasteiger partial charge in [0.2, 0.25) is 6.69 Å². The molecule has 0 aliphatic heterocycles. The zero-order chi connectivity index (χ0) is 44.2. The minimum absolute atomic E-state index is 0.00585. The van der Waals surface area contributed by atoms with Crippen LogP contribution in [0.4, 0.5) is 0 Å². The average molecular weight is 947 g/mol. The summed E-state index contributed by atoms with van der Waals surface area (Å²) in [7, 11) is 0. The van der Waals surface area contributed by atoms with Crippen molar-refractivity contribution in [3.05, 3.63) is 111 Å². The van der Waals surface area contributed by atoms with Crippen LogP contribution in [0.2, 0.25) is 0 Å². The first-order chi connectivity index (χ1) is 26.4. The molecule has 318 valence electrons. The Kier molecular flexibility index (Phi) is 15.3. The fourth-order valence-corrected chi connectivity index (χ4v) is 20.3. The molecule has 4 rings (SSSR count). The van der Waals surface area contributed by atoms with Crippen molar-refractivity contribution in [2.45, 2.75) is 197 Å². The van der Waals surface area contributed by atoms with Gasteiger partial charge in [-0.1, -0.05) is 206 Å². The predicted molar refractivity (Wildman–Crippen MR) is 275 cm³/mol. The molecule has 0 saturated carbocycles. The van der Waals surface area contributed by atoms with Crippen molar-refractivity contribution in [2.24, 2.45) is 0 Å². The normalized spacial score (nSPS) is 13.9. The van der Waals surface area contributed by atoms with Crippen molar-refractivity contribution in [1.29, 1.82) is 0 Å². The molecule has 1 atom stereocenters. The summed E-state index contributed by atoms with van der Waals surface area (Å²) in [5.41, 5.74) is 13.3. The van der Waals surface area contributed by atoms with Gasteiger partial charge in [-0.25, -0.2) is 0 Å². The van der Waals surface area contributed by atoms with Crippen LogP contribution in [-0.4, -0.2) is 6.69 Å². The quantitative estimate of drug-likeness (QED) is 0.0608. The summed E-state index contributed by atoms with van der Waals surface area (Å²) >= 11 is 9.40. The third kappa shape index (κ3) is 10.1. The van der Waals surface area contributed by atoms with Crippen LogP contribution in [0, 0.1) is 0 Å². The van der Waals surface area contributed by atoms with Crippen molar-refractivity contribution in [3.63, 3.8) is 0 Å². The number of benzene rings is 4. The average Bonchev–Trinajstić information content (AvgIpc) is 3.11. The van der Waals surface area contributed by atoms with Gasteiger partial charge < -0.3 is 0 Å². The van der Waals surface area contributed by atoms with Crippen LogP contribution in [-0.2, 0) is 16.2 Å². The summed E-state index contributed by atoms with van der Waals surface area (Å²) in [6.45, 7) is 46.4. The van der Waals surface area contributed by atoms with Gasteiger partial charge in [0.15, 0.2) is 0 Å². The van der Waals surface area contributed by atoms with E-state index >= 15 is 0 Å². The van der Waals surface area contributed by atoms with Gasteiger partial charge in [0.25, 0.3) is 0 Å². The van der Waals surface area contributed by atoms with E-state index < -0.39 is 13.3 Å². The smallest absolute Gasteiger partial charge is 0.108 e. The lowest BCUT2D eigenvalue weighted by Crippen LogP contribution is -2.66. The van der Waals surface area contributed by atoms with Crippen LogP contribution < -0.4 is 26.2 Å². The molecule has 4 aromatic rings. The standard InChI is InChI=1S/C54H79Br2PSi/c1-32(2)38-26-43(34(5)6)50(44(27-38)35(7)8)58(56,51-45(36(9)10)28-39(33(3)4)29-46(51)37(11)12)42-24-22-41(23-25-42)57(55)49-47(53(16,17)18)30-40(52(13,14)15)31-48(49)54(19,20)21/h22-37H,1-21H3. The third-order valence-corrected chi connectivity index (χ3v) is 23.6. The maximum atomic E-state index is 4.95. The maximum Gasteiger partial charge on any atom is 0.222 e. The van der Waals surface area contributed by atoms with Crippen LogP contribution in [0.15, 0.2) is 60.7 Å². The van der Waals surface area contributed by atoms with Gasteiger partial charge in [-0.3, -0.25) is 0 Å². The van der Waals surface area contributed by atoms with E-state index in [1.165, 1.54) is 65.9 Å². The van der Waals surface area contributed by atoms with E-state index in [1.807, 2.05) is 0 Å². The highest BCUT2D eigenvalue weighted by Crippen LogP contribution is 2.49. The van der Waals surface area contributed by atoms with Crippen molar-refractivity contribution in [2.75, 3.05) is 0 Å². The maximum absolute atomic E-state index is 4.95. The lowest BCUT2D eigenvalue weighted by Gasteiger charge is -2.39. The van der Waals surface area contributed by atoms with E-state index in [1.54, 1.807) is 10.4 Å². The molecule has 0 bridgehead atoms. The molecule has 0 heterocycles. The van der Waals surface area contributed by atoms with Crippen LogP contribution >= 0.6 is 37.4 Å². The summed E-state index contributed by atoms with van der Waals surface area (Å²) in [6, 6.07) is 25.3. The zero-order valence-electron chi connectivity index (χ0n) is 40.4. The molecule has 0 spiro atoms. The van der Waals surface area contributed by atoms with Crippen molar-refractivity contribution in [3.8, 4) is 0 Å². The lowest BCUT2D eigenvalue weighted by molar-refractivity contribution is 0.554. The second-order valence-electron chi connectivity index (χ2n) is 22.2. The van der Waals surface area contributed by atoms with Crippen molar-refractivity contribution >= 4 is 70.3 Å². The molecular formula is C54H79Br2PSi. The fourth-order valence-electron chi connectivity index (χ4n) is 8.49. The molecule has 1 unspecified atom stereocenters. The molecule has 4 aromatic carbocycles. The molecule has 0 nitrogen and oxygen atoms in total. The van der Waals surface area contributed by atoms with E-state index in [4.69, 9.17) is 15.3 Å². The Morgan fingerprint density at radius 2 is 0.759 bits per heavy atom. The van der Waals surface area contributed by atoms with E-state index in [-0.39, 0.29) is 16.2 Å². The Morgan fingerprint density at radius 1 is 0.448 bits per heavy atom. The van der Waals surface area contributed by atoms with Crippen LogP contribution in [0.5, 0.6) is 0 Å². The van der Waals surface area contributed by atoms with Gasteiger partial charge in [-0.2, -0.15) is 0 Å². The highest BCUT2D eigenvalue weighted by molar-refractivity contribution is 9.40. The number of hydrogen-bond donors (Lipinski definition) is 0. The van der Waals surface area contributed by atoms with Gasteiger partial charge in [-0.05, 0) is 143 Å². The van der Waals surface area contributed by atoms with Crippen molar-refractivity contribution in [1.82, 2.24) is 0 Å². The SMILES string of the molecule is CC(C)c1cc(C(C)C)c([Si](Br)(c2ccc(P(Br)c3c(C(C)(C)C)cc(C(C)(C)C)cc3C(C)(C)C)cc2)c2c(C(C)C)cc(C(C)C)cc2C(C)C)c(C(C)C)c1. The third-order valence-electron chi connectivity index (χ3n) is 12.2. The van der Waals surface area contributed by atoms with Gasteiger partial charge in [0.1, 0.15) is 0 Å². The van der Waals surface area contributed by atoms with E-state index in [9.17, 15) is 0 Å². The Bertz CT molecular complexity index is 1890. The van der Waals surface area contributed by atoms with E-state index in [0.29, 0.717) is 35.5 Å². The summed E-state index contributed by atoms with van der Waals surface area (Å²) < 4.78 is 0. The van der Waals surface area contributed by atoms with Crippen molar-refractivity contribution < 1.29 is 0 Å². The van der Waals surface area contributed by atoms with E-state index in [2.05, 4.69) is 222 Å². The monoisotopic (exact) mass is 944 g/mol. The van der Waals surface area contributed by atoms with Gasteiger partial charge >= 0.3 is 0 Å². The second-order valence-corrected chi connectivity index (χ2v) is 32.3. The molecule has 0 fully saturated rings. The molecular weight excluding hydrogens is 867 g/mol. The van der Waals surface area contributed by atoms with Gasteiger partial charge in [0, 0.05) is 6.62 Å². The summed E-state index contributed by atoms with van der Waals surface area (Å²) in [5.74, 6) is 2.45. The Labute approximate surface area is 375 Å². The molecule has 0 N–H and O–H groups in total. The summed E-state index contributed by atoms with van der Waals surface area (Å²) in [5, 5.41) is 7.43. The molecule has 0 aliphatic rings. The first-order valence-electron chi connectivity index (χ1n) is 22.3. The molecule has 0 saturated heterocycles. The topological polar surface area (TPSA) is 0 Å². The highest BCUT2D eigenvalue weighted by Gasteiger charge is 2.45. The zero-order valence-corrected chi connectivity index (χ0v) is 45.5. The molecule has 0 aromatic heterocycles. The molecule has 0 amide bonds. The molecule has 0 aliphatic carbocycles. The van der Waals surface area contributed by atoms with Gasteiger partial charge in [0.05, 0.1) is 0 Å². The number of rotatable bonds is 11. The molecule has 58 heavy (non-hydrogen) atoms. The Hall–Kier alpha value is -1.51. The molecule has 4 heteroatoms. The lowest BCUT2D eigenvalue weighted by atomic mass is 9.75. The van der Waals surface area contributed by atoms with Crippen LogP contribution in [0.1, 0.15) is 231 Å². The summed E-state index contributed by atoms with van der Waals surface area (Å²) in [4.78, 5) is 0. The first kappa shape index (κ1) is 49.1.